The Kier molecular flexibility index (Phi) is 5.45. The van der Waals surface area contributed by atoms with E-state index in [0.717, 1.165) is 18.5 Å². The normalized spacial score (nSPS) is 12.1. The van der Waals surface area contributed by atoms with Crippen molar-refractivity contribution in [2.75, 3.05) is 24.8 Å². The van der Waals surface area contributed by atoms with Gasteiger partial charge in [-0.2, -0.15) is 0 Å². The molecule has 0 bridgehead atoms. The average Bonchev–Trinajstić information content (AvgIpc) is 2.29. The summed E-state index contributed by atoms with van der Waals surface area (Å²) in [6.07, 6.45) is 2.03. The standard InChI is InChI=1S/C13H20N2O3/c1-3-4-10(8-18-2)15-9-5-6-11(13(16)17)12(14)7-9/h5-7,10,15H,3-4,8,14H2,1-2H3,(H,16,17). The zero-order chi connectivity index (χ0) is 13.5. The molecule has 1 aromatic rings. The van der Waals surface area contributed by atoms with Gasteiger partial charge in [-0.05, 0) is 24.6 Å². The summed E-state index contributed by atoms with van der Waals surface area (Å²) in [7, 11) is 1.66. The summed E-state index contributed by atoms with van der Waals surface area (Å²) in [5.41, 5.74) is 6.90. The molecular formula is C13H20N2O3. The highest BCUT2D eigenvalue weighted by atomic mass is 16.5. The van der Waals surface area contributed by atoms with Crippen molar-refractivity contribution in [3.05, 3.63) is 23.8 Å². The van der Waals surface area contributed by atoms with E-state index in [4.69, 9.17) is 15.6 Å². The summed E-state index contributed by atoms with van der Waals surface area (Å²) in [4.78, 5) is 10.8. The molecule has 100 valence electrons. The summed E-state index contributed by atoms with van der Waals surface area (Å²) in [6, 6.07) is 5.07. The lowest BCUT2D eigenvalue weighted by atomic mass is 10.1. The predicted octanol–water partition coefficient (Wildman–Crippen LogP) is 2.19. The first-order valence-electron chi connectivity index (χ1n) is 5.96. The van der Waals surface area contributed by atoms with Crippen molar-refractivity contribution < 1.29 is 14.6 Å². The van der Waals surface area contributed by atoms with E-state index in [1.807, 2.05) is 0 Å². The number of methoxy groups -OCH3 is 1. The van der Waals surface area contributed by atoms with E-state index in [2.05, 4.69) is 12.2 Å². The van der Waals surface area contributed by atoms with Crippen LogP contribution >= 0.6 is 0 Å². The molecule has 0 aliphatic carbocycles. The van der Waals surface area contributed by atoms with Gasteiger partial charge in [0.05, 0.1) is 12.2 Å². The fourth-order valence-corrected chi connectivity index (χ4v) is 1.83. The highest BCUT2D eigenvalue weighted by Gasteiger charge is 2.11. The monoisotopic (exact) mass is 252 g/mol. The molecule has 5 nitrogen and oxygen atoms in total. The molecule has 0 spiro atoms. The lowest BCUT2D eigenvalue weighted by molar-refractivity contribution is 0.0698. The number of nitrogens with two attached hydrogens (primary N) is 1. The highest BCUT2D eigenvalue weighted by Crippen LogP contribution is 2.19. The molecule has 4 N–H and O–H groups in total. The third-order valence-corrected chi connectivity index (χ3v) is 2.66. The molecule has 1 aromatic carbocycles. The second kappa shape index (κ2) is 6.86. The number of carbonyl (C=O) groups is 1. The molecule has 0 saturated carbocycles. The Labute approximate surface area is 107 Å². The number of aromatic carboxylic acids is 1. The minimum atomic E-state index is -1.01. The lowest BCUT2D eigenvalue weighted by Crippen LogP contribution is -2.24. The Morgan fingerprint density at radius 1 is 1.56 bits per heavy atom. The number of carboxylic acid groups (broad SMARTS) is 1. The molecule has 18 heavy (non-hydrogen) atoms. The van der Waals surface area contributed by atoms with E-state index in [0.29, 0.717) is 6.61 Å². The van der Waals surface area contributed by atoms with Gasteiger partial charge in [-0.3, -0.25) is 0 Å². The predicted molar refractivity (Wildman–Crippen MR) is 72.0 cm³/mol. The van der Waals surface area contributed by atoms with Gasteiger partial charge in [-0.15, -0.1) is 0 Å². The fourth-order valence-electron chi connectivity index (χ4n) is 1.83. The Morgan fingerprint density at radius 3 is 2.78 bits per heavy atom. The molecule has 0 amide bonds. The van der Waals surface area contributed by atoms with Gasteiger partial charge < -0.3 is 20.9 Å². The van der Waals surface area contributed by atoms with Gasteiger partial charge >= 0.3 is 5.97 Å². The van der Waals surface area contributed by atoms with Gasteiger partial charge in [0.2, 0.25) is 0 Å². The van der Waals surface area contributed by atoms with Crippen molar-refractivity contribution in [1.29, 1.82) is 0 Å². The number of benzene rings is 1. The second-order valence-corrected chi connectivity index (χ2v) is 4.19. The van der Waals surface area contributed by atoms with Crippen LogP contribution < -0.4 is 11.1 Å². The van der Waals surface area contributed by atoms with Crippen LogP contribution in [-0.2, 0) is 4.74 Å². The van der Waals surface area contributed by atoms with Crippen LogP contribution in [0.3, 0.4) is 0 Å². The van der Waals surface area contributed by atoms with E-state index in [9.17, 15) is 4.79 Å². The van der Waals surface area contributed by atoms with Crippen LogP contribution in [0, 0.1) is 0 Å². The van der Waals surface area contributed by atoms with E-state index >= 15 is 0 Å². The summed E-state index contributed by atoms with van der Waals surface area (Å²) < 4.78 is 5.13. The Morgan fingerprint density at radius 2 is 2.28 bits per heavy atom. The number of hydrogen-bond acceptors (Lipinski definition) is 4. The van der Waals surface area contributed by atoms with Crippen molar-refractivity contribution in [2.24, 2.45) is 0 Å². The first-order chi connectivity index (χ1) is 8.58. The minimum Gasteiger partial charge on any atom is -0.478 e. The van der Waals surface area contributed by atoms with Crippen LogP contribution in [0.5, 0.6) is 0 Å². The largest absolute Gasteiger partial charge is 0.478 e. The fraction of sp³-hybridized carbons (Fsp3) is 0.462. The topological polar surface area (TPSA) is 84.6 Å². The number of nitrogens with one attached hydrogen (secondary N) is 1. The third kappa shape index (κ3) is 3.92. The zero-order valence-electron chi connectivity index (χ0n) is 10.8. The van der Waals surface area contributed by atoms with Gasteiger partial charge in [0.25, 0.3) is 0 Å². The molecule has 0 aliphatic rings. The molecule has 0 radical (unpaired) electrons. The summed E-state index contributed by atoms with van der Waals surface area (Å²) in [5.74, 6) is -1.01. The van der Waals surface area contributed by atoms with Gasteiger partial charge in [0.15, 0.2) is 0 Å². The number of anilines is 2. The van der Waals surface area contributed by atoms with E-state index in [1.165, 1.54) is 6.07 Å². The quantitative estimate of drug-likeness (QED) is 0.648. The molecule has 1 unspecified atom stereocenters. The number of rotatable bonds is 7. The number of ether oxygens (including phenoxy) is 1. The maximum absolute atomic E-state index is 10.8. The van der Waals surface area contributed by atoms with Crippen molar-refractivity contribution in [3.63, 3.8) is 0 Å². The van der Waals surface area contributed by atoms with Crippen LogP contribution in [0.1, 0.15) is 30.1 Å². The van der Waals surface area contributed by atoms with Crippen molar-refractivity contribution in [1.82, 2.24) is 0 Å². The highest BCUT2D eigenvalue weighted by molar-refractivity contribution is 5.94. The first-order valence-corrected chi connectivity index (χ1v) is 5.96. The third-order valence-electron chi connectivity index (χ3n) is 2.66. The first kappa shape index (κ1) is 14.3. The Bertz CT molecular complexity index is 401. The molecule has 0 fully saturated rings. The molecular weight excluding hydrogens is 232 g/mol. The number of hydrogen-bond donors (Lipinski definition) is 3. The van der Waals surface area contributed by atoms with E-state index < -0.39 is 5.97 Å². The van der Waals surface area contributed by atoms with Crippen LogP contribution in [-0.4, -0.2) is 30.8 Å². The van der Waals surface area contributed by atoms with Crippen LogP contribution in [0.15, 0.2) is 18.2 Å². The van der Waals surface area contributed by atoms with Crippen molar-refractivity contribution >= 4 is 17.3 Å². The maximum atomic E-state index is 10.8. The molecule has 5 heteroatoms. The van der Waals surface area contributed by atoms with E-state index in [-0.39, 0.29) is 17.3 Å². The molecule has 0 saturated heterocycles. The Balaban J connectivity index is 2.77. The maximum Gasteiger partial charge on any atom is 0.337 e. The molecule has 1 rings (SSSR count). The average molecular weight is 252 g/mol. The zero-order valence-corrected chi connectivity index (χ0v) is 10.8. The molecule has 1 atom stereocenters. The van der Waals surface area contributed by atoms with E-state index in [1.54, 1.807) is 19.2 Å². The SMILES string of the molecule is CCCC(COC)Nc1ccc(C(=O)O)c(N)c1. The lowest BCUT2D eigenvalue weighted by Gasteiger charge is -2.19. The van der Waals surface area contributed by atoms with Gasteiger partial charge in [-0.1, -0.05) is 13.3 Å². The van der Waals surface area contributed by atoms with Crippen molar-refractivity contribution in [3.8, 4) is 0 Å². The molecule has 0 heterocycles. The number of carboxylic acids is 1. The second-order valence-electron chi connectivity index (χ2n) is 4.19. The van der Waals surface area contributed by atoms with Gasteiger partial charge in [0, 0.05) is 24.5 Å². The van der Waals surface area contributed by atoms with Crippen LogP contribution in [0.4, 0.5) is 11.4 Å². The summed E-state index contributed by atoms with van der Waals surface area (Å²) in [5, 5.41) is 12.2. The molecule has 0 aliphatic heterocycles. The smallest absolute Gasteiger partial charge is 0.337 e. The van der Waals surface area contributed by atoms with Gasteiger partial charge in [0.1, 0.15) is 0 Å². The minimum absolute atomic E-state index is 0.124. The van der Waals surface area contributed by atoms with Gasteiger partial charge in [-0.25, -0.2) is 4.79 Å². The van der Waals surface area contributed by atoms with Crippen LogP contribution in [0.25, 0.3) is 0 Å². The summed E-state index contributed by atoms with van der Waals surface area (Å²) in [6.45, 7) is 2.71. The van der Waals surface area contributed by atoms with Crippen molar-refractivity contribution in [2.45, 2.75) is 25.8 Å². The van der Waals surface area contributed by atoms with Crippen LogP contribution in [0.2, 0.25) is 0 Å². The number of nitrogen functional groups attached to an aromatic ring is 1. The molecule has 0 aromatic heterocycles. The summed E-state index contributed by atoms with van der Waals surface area (Å²) >= 11 is 0. The Hall–Kier alpha value is -1.75.